The van der Waals surface area contributed by atoms with E-state index >= 15 is 0 Å². The van der Waals surface area contributed by atoms with Crippen LogP contribution in [0.2, 0.25) is 0 Å². The van der Waals surface area contributed by atoms with Gasteiger partial charge in [0.2, 0.25) is 0 Å². The molecule has 1 saturated heterocycles. The number of imidazole rings is 1. The van der Waals surface area contributed by atoms with Crippen molar-refractivity contribution in [3.05, 3.63) is 36.4 Å². The number of aliphatic hydroxyl groups is 1. The lowest BCUT2D eigenvalue weighted by molar-refractivity contribution is -0.134. The van der Waals surface area contributed by atoms with Gasteiger partial charge in [0.25, 0.3) is 5.91 Å². The monoisotopic (exact) mass is 457 g/mol. The van der Waals surface area contributed by atoms with Crippen LogP contribution in [-0.4, -0.2) is 76.6 Å². The van der Waals surface area contributed by atoms with Crippen LogP contribution in [0.25, 0.3) is 11.2 Å². The number of methoxy groups -OCH3 is 2. The van der Waals surface area contributed by atoms with Crippen molar-refractivity contribution in [2.75, 3.05) is 33.1 Å². The molecule has 0 spiro atoms. The molecule has 176 valence electrons. The normalized spacial score (nSPS) is 22.3. The average molecular weight is 457 g/mol. The van der Waals surface area contributed by atoms with Gasteiger partial charge in [0.15, 0.2) is 29.3 Å². The Morgan fingerprint density at radius 2 is 2.09 bits per heavy atom. The average Bonchev–Trinajstić information content (AvgIpc) is 3.40. The quantitative estimate of drug-likeness (QED) is 0.358. The van der Waals surface area contributed by atoms with Crippen LogP contribution < -0.4 is 25.8 Å². The molecule has 12 heteroatoms. The molecule has 5 N–H and O–H groups in total. The number of hydrogen-bond acceptors (Lipinski definition) is 10. The lowest BCUT2D eigenvalue weighted by atomic mass is 10.1. The summed E-state index contributed by atoms with van der Waals surface area (Å²) < 4.78 is 18.0. The van der Waals surface area contributed by atoms with E-state index in [-0.39, 0.29) is 0 Å². The second-order valence-electron chi connectivity index (χ2n) is 7.53. The van der Waals surface area contributed by atoms with E-state index in [9.17, 15) is 9.90 Å². The fourth-order valence-corrected chi connectivity index (χ4v) is 3.86. The number of fused-ring (bicyclic) bond motifs is 1. The predicted molar refractivity (Wildman–Crippen MR) is 119 cm³/mol. The summed E-state index contributed by atoms with van der Waals surface area (Å²) in [6.45, 7) is 0.550. The highest BCUT2D eigenvalue weighted by atomic mass is 16.5. The lowest BCUT2D eigenvalue weighted by Gasteiger charge is -2.16. The third-order valence-corrected chi connectivity index (χ3v) is 5.63. The third kappa shape index (κ3) is 4.27. The van der Waals surface area contributed by atoms with Crippen LogP contribution >= 0.6 is 0 Å². The van der Waals surface area contributed by atoms with Crippen molar-refractivity contribution < 1.29 is 24.1 Å². The van der Waals surface area contributed by atoms with E-state index in [2.05, 4.69) is 25.6 Å². The number of ether oxygens (including phenoxy) is 3. The van der Waals surface area contributed by atoms with Crippen LogP contribution in [-0.2, 0) is 16.0 Å². The maximum atomic E-state index is 12.0. The largest absolute Gasteiger partial charge is 0.497 e. The number of hydrogen-bond donors (Lipinski definition) is 4. The lowest BCUT2D eigenvalue weighted by Crippen LogP contribution is -2.46. The van der Waals surface area contributed by atoms with Crippen molar-refractivity contribution in [3.63, 3.8) is 0 Å². The number of rotatable bonds is 8. The van der Waals surface area contributed by atoms with Gasteiger partial charge in [-0.15, -0.1) is 0 Å². The SMILES string of the molecule is CNC(=O)[C@@H]1O[C@@H](n2cnc3c(NCCc4cc(OC)ccc4OC)ncnc32)[C@@H](O)[C@@H]1N. The van der Waals surface area contributed by atoms with E-state index in [1.807, 2.05) is 18.2 Å². The van der Waals surface area contributed by atoms with E-state index < -0.39 is 30.4 Å². The first-order valence-electron chi connectivity index (χ1n) is 10.4. The molecule has 3 aromatic rings. The van der Waals surface area contributed by atoms with Crippen molar-refractivity contribution in [2.45, 2.75) is 30.9 Å². The Hall–Kier alpha value is -3.48. The fraction of sp³-hybridized carbons (Fsp3) is 0.429. The molecule has 3 heterocycles. The van der Waals surface area contributed by atoms with Gasteiger partial charge in [-0.05, 0) is 30.2 Å². The van der Waals surface area contributed by atoms with Gasteiger partial charge in [0.05, 0.1) is 26.6 Å². The summed E-state index contributed by atoms with van der Waals surface area (Å²) in [5.74, 6) is 1.64. The summed E-state index contributed by atoms with van der Waals surface area (Å²) in [7, 11) is 4.73. The van der Waals surface area contributed by atoms with E-state index in [4.69, 9.17) is 19.9 Å². The molecule has 1 amide bonds. The molecule has 12 nitrogen and oxygen atoms in total. The van der Waals surface area contributed by atoms with E-state index in [1.54, 1.807) is 18.8 Å². The molecule has 0 unspecified atom stereocenters. The van der Waals surface area contributed by atoms with E-state index in [0.717, 1.165) is 17.1 Å². The summed E-state index contributed by atoms with van der Waals surface area (Å²) in [5, 5.41) is 16.3. The molecular weight excluding hydrogens is 430 g/mol. The Kier molecular flexibility index (Phi) is 6.58. The number of aliphatic hydroxyl groups excluding tert-OH is 1. The number of anilines is 1. The number of benzene rings is 1. The van der Waals surface area contributed by atoms with Crippen molar-refractivity contribution in [2.24, 2.45) is 5.73 Å². The molecule has 1 aliphatic rings. The van der Waals surface area contributed by atoms with Gasteiger partial charge < -0.3 is 35.7 Å². The molecule has 0 aliphatic carbocycles. The second kappa shape index (κ2) is 9.57. The minimum Gasteiger partial charge on any atom is -0.497 e. The molecule has 33 heavy (non-hydrogen) atoms. The van der Waals surface area contributed by atoms with Gasteiger partial charge in [0, 0.05) is 13.6 Å². The van der Waals surface area contributed by atoms with E-state index in [0.29, 0.717) is 29.9 Å². The Bertz CT molecular complexity index is 1140. The van der Waals surface area contributed by atoms with Crippen LogP contribution in [0, 0.1) is 0 Å². The van der Waals surface area contributed by atoms with Crippen molar-refractivity contribution in [3.8, 4) is 11.5 Å². The van der Waals surface area contributed by atoms with Crippen molar-refractivity contribution >= 4 is 22.9 Å². The Balaban J connectivity index is 1.52. The topological polar surface area (TPSA) is 159 Å². The number of carbonyl (C=O) groups is 1. The first-order chi connectivity index (χ1) is 16.0. The highest BCUT2D eigenvalue weighted by molar-refractivity contribution is 5.83. The zero-order chi connectivity index (χ0) is 23.5. The first-order valence-corrected chi connectivity index (χ1v) is 10.4. The number of carbonyl (C=O) groups excluding carboxylic acids is 1. The number of likely N-dealkylation sites (N-methyl/N-ethyl adjacent to an activating group) is 1. The maximum Gasteiger partial charge on any atom is 0.250 e. The standard InChI is InChI=1S/C21H27N7O5/c1-23-20(30)17-14(22)16(29)21(33-17)28-10-27-15-18(25-9-26-19(15)28)24-7-6-11-8-12(31-2)4-5-13(11)32-3/h4-5,8-10,14,16-17,21,29H,6-7,22H2,1-3H3,(H,23,30)(H,24,25,26)/t14-,16-,17+,21+/m0/s1. The number of aromatic nitrogens is 4. The van der Waals surface area contributed by atoms with Crippen LogP contribution in [0.1, 0.15) is 11.8 Å². The van der Waals surface area contributed by atoms with Crippen molar-refractivity contribution in [1.29, 1.82) is 0 Å². The minimum absolute atomic E-state index is 0.404. The highest BCUT2D eigenvalue weighted by Crippen LogP contribution is 2.31. The molecule has 1 fully saturated rings. The fourth-order valence-electron chi connectivity index (χ4n) is 3.86. The molecule has 4 atom stereocenters. The Morgan fingerprint density at radius 1 is 1.27 bits per heavy atom. The summed E-state index contributed by atoms with van der Waals surface area (Å²) in [6.07, 6.45) is 0.534. The van der Waals surface area contributed by atoms with Crippen molar-refractivity contribution in [1.82, 2.24) is 24.8 Å². The summed E-state index contributed by atoms with van der Waals surface area (Å²) in [4.78, 5) is 25.0. The number of nitrogens with zero attached hydrogens (tertiary/aromatic N) is 4. The predicted octanol–water partition coefficient (Wildman–Crippen LogP) is -0.170. The molecule has 1 aromatic carbocycles. The van der Waals surface area contributed by atoms with Gasteiger partial charge >= 0.3 is 0 Å². The molecule has 2 aromatic heterocycles. The molecule has 0 bridgehead atoms. The van der Waals surface area contributed by atoms with E-state index in [1.165, 1.54) is 19.7 Å². The van der Waals surface area contributed by atoms with Gasteiger partial charge in [-0.1, -0.05) is 0 Å². The molecule has 0 radical (unpaired) electrons. The summed E-state index contributed by atoms with van der Waals surface area (Å²) >= 11 is 0. The van der Waals surface area contributed by atoms with Crippen LogP contribution in [0.15, 0.2) is 30.9 Å². The smallest absolute Gasteiger partial charge is 0.250 e. The number of amides is 1. The Labute approximate surface area is 190 Å². The third-order valence-electron chi connectivity index (χ3n) is 5.63. The van der Waals surface area contributed by atoms with Crippen LogP contribution in [0.3, 0.4) is 0 Å². The van der Waals surface area contributed by atoms with Crippen LogP contribution in [0.4, 0.5) is 5.82 Å². The zero-order valence-corrected chi connectivity index (χ0v) is 18.6. The molecule has 4 rings (SSSR count). The minimum atomic E-state index is -1.11. The van der Waals surface area contributed by atoms with Gasteiger partial charge in [-0.25, -0.2) is 15.0 Å². The first kappa shape index (κ1) is 22.7. The number of nitrogens with two attached hydrogens (primary N) is 1. The van der Waals surface area contributed by atoms with Gasteiger partial charge in [0.1, 0.15) is 23.9 Å². The number of nitrogens with one attached hydrogen (secondary N) is 2. The van der Waals surface area contributed by atoms with Gasteiger partial charge in [-0.2, -0.15) is 0 Å². The Morgan fingerprint density at radius 3 is 2.82 bits per heavy atom. The second-order valence-corrected chi connectivity index (χ2v) is 7.53. The summed E-state index contributed by atoms with van der Waals surface area (Å²) in [6, 6.07) is 4.75. The van der Waals surface area contributed by atoms with Crippen LogP contribution in [0.5, 0.6) is 11.5 Å². The highest BCUT2D eigenvalue weighted by Gasteiger charge is 2.46. The molecule has 1 aliphatic heterocycles. The van der Waals surface area contributed by atoms with Gasteiger partial charge in [-0.3, -0.25) is 9.36 Å². The summed E-state index contributed by atoms with van der Waals surface area (Å²) in [5.41, 5.74) is 7.93. The maximum absolute atomic E-state index is 12.0. The molecular formula is C21H27N7O5. The zero-order valence-electron chi connectivity index (χ0n) is 18.6. The molecule has 0 saturated carbocycles.